The molecule has 5 heteroatoms. The van der Waals surface area contributed by atoms with Crippen LogP contribution < -0.4 is 10.1 Å². The maximum absolute atomic E-state index is 12.5. The Bertz CT molecular complexity index is 1200. The first-order chi connectivity index (χ1) is 15.8. The summed E-state index contributed by atoms with van der Waals surface area (Å²) in [5, 5.41) is 5.27. The van der Waals surface area contributed by atoms with Crippen LogP contribution >= 0.6 is 0 Å². The van der Waals surface area contributed by atoms with Crippen LogP contribution in [0, 0.1) is 0 Å². The lowest BCUT2D eigenvalue weighted by atomic mass is 9.98. The van der Waals surface area contributed by atoms with E-state index in [0.29, 0.717) is 12.3 Å². The van der Waals surface area contributed by atoms with Gasteiger partial charge in [0.05, 0.1) is 12.3 Å². The molecule has 1 aliphatic rings. The van der Waals surface area contributed by atoms with E-state index in [-0.39, 0.29) is 18.6 Å². The van der Waals surface area contributed by atoms with E-state index in [1.54, 1.807) is 6.26 Å². The Kier molecular flexibility index (Phi) is 5.90. The Labute approximate surface area is 187 Å². The number of benzene rings is 3. The molecule has 162 valence electrons. The van der Waals surface area contributed by atoms with Gasteiger partial charge < -0.3 is 14.5 Å². The highest BCUT2D eigenvalue weighted by atomic mass is 16.5. The molecule has 1 aromatic heterocycles. The highest BCUT2D eigenvalue weighted by molar-refractivity contribution is 5.84. The summed E-state index contributed by atoms with van der Waals surface area (Å²) in [5.41, 5.74) is 2.73. The summed E-state index contributed by atoms with van der Waals surface area (Å²) in [6, 6.07) is 26.3. The summed E-state index contributed by atoms with van der Waals surface area (Å²) in [6.07, 6.45) is 2.68. The molecule has 0 radical (unpaired) electrons. The molecule has 4 aromatic rings. The number of amides is 1. The van der Waals surface area contributed by atoms with Crippen molar-refractivity contribution < 1.29 is 13.9 Å². The molecule has 0 saturated heterocycles. The van der Waals surface area contributed by atoms with Crippen LogP contribution in [-0.4, -0.2) is 30.5 Å². The first kappa shape index (κ1) is 20.3. The molecule has 0 saturated carbocycles. The van der Waals surface area contributed by atoms with Crippen LogP contribution in [0.4, 0.5) is 0 Å². The second kappa shape index (κ2) is 9.28. The van der Waals surface area contributed by atoms with Crippen LogP contribution in [0.1, 0.15) is 22.9 Å². The predicted octanol–water partition coefficient (Wildman–Crippen LogP) is 4.73. The highest BCUT2D eigenvalue weighted by Crippen LogP contribution is 2.28. The third kappa shape index (κ3) is 4.53. The first-order valence-corrected chi connectivity index (χ1v) is 11.0. The zero-order valence-electron chi connectivity index (χ0n) is 17.9. The molecule has 1 amide bonds. The van der Waals surface area contributed by atoms with E-state index in [1.807, 2.05) is 48.5 Å². The van der Waals surface area contributed by atoms with Crippen molar-refractivity contribution in [3.05, 3.63) is 102 Å². The Morgan fingerprint density at radius 1 is 0.969 bits per heavy atom. The SMILES string of the molecule is O=C(COc1ccc2ccccc2c1)NC[C@H](c1ccco1)N1CCc2ccccc2C1. The molecule has 0 aliphatic carbocycles. The molecule has 0 bridgehead atoms. The third-order valence-corrected chi connectivity index (χ3v) is 6.06. The summed E-state index contributed by atoms with van der Waals surface area (Å²) in [5.74, 6) is 1.40. The van der Waals surface area contributed by atoms with Crippen molar-refractivity contribution in [2.75, 3.05) is 19.7 Å². The molecule has 0 unspecified atom stereocenters. The fourth-order valence-corrected chi connectivity index (χ4v) is 4.34. The fourth-order valence-electron chi connectivity index (χ4n) is 4.34. The van der Waals surface area contributed by atoms with E-state index in [0.717, 1.165) is 36.0 Å². The van der Waals surface area contributed by atoms with Gasteiger partial charge in [0.2, 0.25) is 0 Å². The summed E-state index contributed by atoms with van der Waals surface area (Å²) >= 11 is 0. The molecule has 0 spiro atoms. The van der Waals surface area contributed by atoms with Crippen molar-refractivity contribution in [1.82, 2.24) is 10.2 Å². The molecule has 3 aromatic carbocycles. The van der Waals surface area contributed by atoms with Crippen molar-refractivity contribution in [2.45, 2.75) is 19.0 Å². The average molecular weight is 427 g/mol. The van der Waals surface area contributed by atoms with Gasteiger partial charge >= 0.3 is 0 Å². The zero-order chi connectivity index (χ0) is 21.8. The average Bonchev–Trinajstić information content (AvgIpc) is 3.37. The van der Waals surface area contributed by atoms with Crippen LogP contribution in [0.5, 0.6) is 5.75 Å². The largest absolute Gasteiger partial charge is 0.484 e. The van der Waals surface area contributed by atoms with E-state index in [1.165, 1.54) is 11.1 Å². The quantitative estimate of drug-likeness (QED) is 0.464. The van der Waals surface area contributed by atoms with E-state index in [4.69, 9.17) is 9.15 Å². The summed E-state index contributed by atoms with van der Waals surface area (Å²) in [6.45, 7) is 2.21. The number of fused-ring (bicyclic) bond motifs is 2. The van der Waals surface area contributed by atoms with E-state index in [9.17, 15) is 4.79 Å². The third-order valence-electron chi connectivity index (χ3n) is 6.06. The van der Waals surface area contributed by atoms with Gasteiger partial charge in [-0.15, -0.1) is 0 Å². The number of rotatable bonds is 7. The van der Waals surface area contributed by atoms with Gasteiger partial charge in [0.15, 0.2) is 6.61 Å². The minimum atomic E-state index is -0.146. The Morgan fingerprint density at radius 2 is 1.78 bits per heavy atom. The van der Waals surface area contributed by atoms with E-state index < -0.39 is 0 Å². The van der Waals surface area contributed by atoms with Crippen molar-refractivity contribution in [2.24, 2.45) is 0 Å². The molecular formula is C27H26N2O3. The smallest absolute Gasteiger partial charge is 0.258 e. The standard InChI is InChI=1S/C27H26N2O3/c30-27(19-32-24-12-11-20-6-1-3-8-22(20)16-24)28-17-25(26-10-5-15-31-26)29-14-13-21-7-2-4-9-23(21)18-29/h1-12,15-16,25H,13-14,17-19H2,(H,28,30)/t25-/m1/s1. The molecule has 1 N–H and O–H groups in total. The number of carbonyl (C=O) groups excluding carboxylic acids is 1. The highest BCUT2D eigenvalue weighted by Gasteiger charge is 2.27. The Morgan fingerprint density at radius 3 is 2.62 bits per heavy atom. The molecule has 5 nitrogen and oxygen atoms in total. The first-order valence-electron chi connectivity index (χ1n) is 11.0. The Hall–Kier alpha value is -3.57. The lowest BCUT2D eigenvalue weighted by molar-refractivity contribution is -0.123. The fraction of sp³-hybridized carbons (Fsp3) is 0.222. The molecule has 0 fully saturated rings. The number of furan rings is 1. The topological polar surface area (TPSA) is 54.7 Å². The van der Waals surface area contributed by atoms with Crippen LogP contribution in [0.3, 0.4) is 0 Å². The van der Waals surface area contributed by atoms with Gasteiger partial charge in [-0.1, -0.05) is 54.6 Å². The van der Waals surface area contributed by atoms with Crippen LogP contribution in [0.2, 0.25) is 0 Å². The monoisotopic (exact) mass is 426 g/mol. The maximum atomic E-state index is 12.5. The van der Waals surface area contributed by atoms with Crippen LogP contribution in [0.15, 0.2) is 89.5 Å². The van der Waals surface area contributed by atoms with Gasteiger partial charge in [-0.05, 0) is 52.6 Å². The maximum Gasteiger partial charge on any atom is 0.258 e. The van der Waals surface area contributed by atoms with Crippen molar-refractivity contribution in [3.63, 3.8) is 0 Å². The van der Waals surface area contributed by atoms with Crippen molar-refractivity contribution >= 4 is 16.7 Å². The number of nitrogens with one attached hydrogen (secondary N) is 1. The molecule has 1 aliphatic heterocycles. The number of hydrogen-bond donors (Lipinski definition) is 1. The van der Waals surface area contributed by atoms with Gasteiger partial charge in [0.25, 0.3) is 5.91 Å². The summed E-state index contributed by atoms with van der Waals surface area (Å²) in [7, 11) is 0. The zero-order valence-corrected chi connectivity index (χ0v) is 17.9. The molecule has 32 heavy (non-hydrogen) atoms. The van der Waals surface area contributed by atoms with Gasteiger partial charge in [-0.3, -0.25) is 9.69 Å². The Balaban J connectivity index is 1.21. The second-order valence-corrected chi connectivity index (χ2v) is 8.12. The number of carbonyl (C=O) groups is 1. The number of nitrogens with zero attached hydrogens (tertiary/aromatic N) is 1. The van der Waals surface area contributed by atoms with Crippen molar-refractivity contribution in [1.29, 1.82) is 0 Å². The molecule has 2 heterocycles. The van der Waals surface area contributed by atoms with Gasteiger partial charge in [-0.2, -0.15) is 0 Å². The van der Waals surface area contributed by atoms with Gasteiger partial charge in [0, 0.05) is 19.6 Å². The minimum absolute atomic E-state index is 0.0218. The molecule has 5 rings (SSSR count). The van der Waals surface area contributed by atoms with E-state index in [2.05, 4.69) is 40.5 Å². The lowest BCUT2D eigenvalue weighted by Crippen LogP contribution is -2.41. The summed E-state index contributed by atoms with van der Waals surface area (Å²) < 4.78 is 11.5. The van der Waals surface area contributed by atoms with Gasteiger partial charge in [-0.25, -0.2) is 0 Å². The summed E-state index contributed by atoms with van der Waals surface area (Å²) in [4.78, 5) is 14.9. The number of ether oxygens (including phenoxy) is 1. The normalized spacial score (nSPS) is 14.6. The van der Waals surface area contributed by atoms with Gasteiger partial charge in [0.1, 0.15) is 11.5 Å². The van der Waals surface area contributed by atoms with Crippen molar-refractivity contribution in [3.8, 4) is 5.75 Å². The second-order valence-electron chi connectivity index (χ2n) is 8.12. The predicted molar refractivity (Wildman–Crippen MR) is 124 cm³/mol. The minimum Gasteiger partial charge on any atom is -0.484 e. The van der Waals surface area contributed by atoms with Crippen LogP contribution in [-0.2, 0) is 17.8 Å². The number of hydrogen-bond acceptors (Lipinski definition) is 4. The van der Waals surface area contributed by atoms with Crippen LogP contribution in [0.25, 0.3) is 10.8 Å². The lowest BCUT2D eigenvalue weighted by Gasteiger charge is -2.34. The van der Waals surface area contributed by atoms with E-state index >= 15 is 0 Å². The molecule has 1 atom stereocenters. The molecular weight excluding hydrogens is 400 g/mol.